The highest BCUT2D eigenvalue weighted by molar-refractivity contribution is 5.69. The van der Waals surface area contributed by atoms with Crippen LogP contribution in [-0.4, -0.2) is 12.1 Å². The Hall–Kier alpha value is -1.51. The standard InChI is InChI=1S/C48H80O3/c1-9-20-44-36(5)37(6)45(51-44)23-17-15-13-11-10-12-14-16-18-24-46(49)50-39-29-31-47(7)38(33-39)25-26-40-42-28-27-41(35(4)22-19-21-34(2)3)48(42,8)32-30-43(40)47/h25,34-35,39-43H,9-24,26-33H2,1-8H3. The normalized spacial score (nSPS) is 30.8. The monoisotopic (exact) mass is 705 g/mol. The van der Waals surface area contributed by atoms with Gasteiger partial charge in [-0.25, -0.2) is 0 Å². The number of hydrogen-bond donors (Lipinski definition) is 0. The molecule has 51 heavy (non-hydrogen) atoms. The maximum atomic E-state index is 12.9. The molecule has 8 unspecified atom stereocenters. The van der Waals surface area contributed by atoms with Gasteiger partial charge in [-0.15, -0.1) is 0 Å². The summed E-state index contributed by atoms with van der Waals surface area (Å²) in [4.78, 5) is 12.9. The van der Waals surface area contributed by atoms with E-state index in [4.69, 9.17) is 9.15 Å². The number of carbonyl (C=O) groups is 1. The van der Waals surface area contributed by atoms with Crippen molar-refractivity contribution in [3.05, 3.63) is 34.3 Å². The largest absolute Gasteiger partial charge is 0.466 e. The second-order valence-electron chi connectivity index (χ2n) is 19.3. The number of esters is 1. The summed E-state index contributed by atoms with van der Waals surface area (Å²) in [6, 6.07) is 0. The summed E-state index contributed by atoms with van der Waals surface area (Å²) in [6.45, 7) is 19.3. The van der Waals surface area contributed by atoms with Crippen molar-refractivity contribution in [3.8, 4) is 0 Å². The summed E-state index contributed by atoms with van der Waals surface area (Å²) in [6.07, 6.45) is 32.3. The van der Waals surface area contributed by atoms with Crippen LogP contribution in [0, 0.1) is 60.2 Å². The molecule has 4 aliphatic rings. The van der Waals surface area contributed by atoms with Gasteiger partial charge in [-0.1, -0.05) is 117 Å². The molecule has 0 bridgehead atoms. The first kappa shape index (κ1) is 40.7. The average Bonchev–Trinajstić information content (AvgIpc) is 3.58. The van der Waals surface area contributed by atoms with Crippen LogP contribution >= 0.6 is 0 Å². The fourth-order valence-electron chi connectivity index (χ4n) is 12.2. The number of carbonyl (C=O) groups excluding carboxylic acids is 1. The summed E-state index contributed by atoms with van der Waals surface area (Å²) >= 11 is 0. The second kappa shape index (κ2) is 18.7. The van der Waals surface area contributed by atoms with Gasteiger partial charge in [0.25, 0.3) is 0 Å². The van der Waals surface area contributed by atoms with E-state index in [-0.39, 0.29) is 12.1 Å². The summed E-state index contributed by atoms with van der Waals surface area (Å²) in [7, 11) is 0. The Morgan fingerprint density at radius 1 is 0.804 bits per heavy atom. The van der Waals surface area contributed by atoms with Crippen LogP contribution in [0.15, 0.2) is 16.1 Å². The molecule has 5 rings (SSSR count). The van der Waals surface area contributed by atoms with E-state index in [1.807, 2.05) is 0 Å². The molecule has 3 heteroatoms. The van der Waals surface area contributed by atoms with E-state index in [1.54, 1.807) is 5.57 Å². The highest BCUT2D eigenvalue weighted by atomic mass is 16.5. The zero-order valence-electron chi connectivity index (χ0n) is 34.8. The zero-order chi connectivity index (χ0) is 36.6. The number of aryl methyl sites for hydroxylation is 2. The lowest BCUT2D eigenvalue weighted by Crippen LogP contribution is -2.51. The first-order chi connectivity index (χ1) is 24.5. The van der Waals surface area contributed by atoms with Crippen molar-refractivity contribution >= 4 is 5.97 Å². The van der Waals surface area contributed by atoms with E-state index in [0.717, 1.165) is 80.5 Å². The van der Waals surface area contributed by atoms with Crippen LogP contribution in [0.3, 0.4) is 0 Å². The van der Waals surface area contributed by atoms with Crippen LogP contribution in [0.5, 0.6) is 0 Å². The van der Waals surface area contributed by atoms with E-state index >= 15 is 0 Å². The minimum atomic E-state index is 0.0506. The Morgan fingerprint density at radius 2 is 1.47 bits per heavy atom. The van der Waals surface area contributed by atoms with E-state index in [0.29, 0.717) is 17.3 Å². The quantitative estimate of drug-likeness (QED) is 0.0770. The van der Waals surface area contributed by atoms with Gasteiger partial charge in [-0.3, -0.25) is 4.79 Å². The van der Waals surface area contributed by atoms with E-state index in [9.17, 15) is 4.79 Å². The van der Waals surface area contributed by atoms with Crippen LogP contribution in [0.4, 0.5) is 0 Å². The molecule has 0 N–H and O–H groups in total. The highest BCUT2D eigenvalue weighted by Crippen LogP contribution is 2.67. The van der Waals surface area contributed by atoms with Gasteiger partial charge in [0, 0.05) is 25.7 Å². The molecule has 4 aliphatic carbocycles. The summed E-state index contributed by atoms with van der Waals surface area (Å²) in [5.41, 5.74) is 5.26. The van der Waals surface area contributed by atoms with Crippen molar-refractivity contribution in [2.75, 3.05) is 0 Å². The first-order valence-electron chi connectivity index (χ1n) is 22.4. The fraction of sp³-hybridized carbons (Fsp3) is 0.854. The van der Waals surface area contributed by atoms with Gasteiger partial charge < -0.3 is 9.15 Å². The van der Waals surface area contributed by atoms with Crippen molar-refractivity contribution in [2.24, 2.45) is 46.3 Å². The van der Waals surface area contributed by atoms with Gasteiger partial charge in [0.2, 0.25) is 0 Å². The maximum absolute atomic E-state index is 12.9. The minimum absolute atomic E-state index is 0.0506. The third-order valence-corrected chi connectivity index (χ3v) is 15.5. The summed E-state index contributed by atoms with van der Waals surface area (Å²) < 4.78 is 12.3. The van der Waals surface area contributed by atoms with Crippen molar-refractivity contribution in [1.82, 2.24) is 0 Å². The van der Waals surface area contributed by atoms with Crippen LogP contribution in [0.2, 0.25) is 0 Å². The Kier molecular flexibility index (Phi) is 14.9. The molecule has 290 valence electrons. The molecule has 3 nitrogen and oxygen atoms in total. The Morgan fingerprint density at radius 3 is 2.16 bits per heavy atom. The topological polar surface area (TPSA) is 39.4 Å². The average molecular weight is 705 g/mol. The minimum Gasteiger partial charge on any atom is -0.466 e. The third kappa shape index (κ3) is 9.79. The van der Waals surface area contributed by atoms with Gasteiger partial charge >= 0.3 is 5.97 Å². The SMILES string of the molecule is CCCc1oc(CCCCCCCCCCCC(=O)OC2CCC3(C)C(=CCC4C3CCC3(C)C(C(C)CCCC(C)C)CCC43)C2)c(C)c1C. The Balaban J connectivity index is 0.950. The second-order valence-corrected chi connectivity index (χ2v) is 19.3. The molecule has 0 radical (unpaired) electrons. The summed E-state index contributed by atoms with van der Waals surface area (Å²) in [5, 5.41) is 0. The van der Waals surface area contributed by atoms with E-state index < -0.39 is 0 Å². The number of ether oxygens (including phenoxy) is 1. The van der Waals surface area contributed by atoms with Gasteiger partial charge in [0.15, 0.2) is 0 Å². The highest BCUT2D eigenvalue weighted by Gasteiger charge is 2.59. The lowest BCUT2D eigenvalue weighted by molar-refractivity contribution is -0.151. The smallest absolute Gasteiger partial charge is 0.306 e. The van der Waals surface area contributed by atoms with Crippen molar-refractivity contribution < 1.29 is 13.9 Å². The predicted octanol–water partition coefficient (Wildman–Crippen LogP) is 14.2. The van der Waals surface area contributed by atoms with Crippen LogP contribution in [0.1, 0.15) is 205 Å². The first-order valence-corrected chi connectivity index (χ1v) is 22.4. The van der Waals surface area contributed by atoms with E-state index in [1.165, 1.54) is 125 Å². The lowest BCUT2D eigenvalue weighted by atomic mass is 9.47. The maximum Gasteiger partial charge on any atom is 0.306 e. The number of fused-ring (bicyclic) bond motifs is 5. The van der Waals surface area contributed by atoms with Gasteiger partial charge in [-0.2, -0.15) is 0 Å². The molecule has 3 fully saturated rings. The molecular weight excluding hydrogens is 625 g/mol. The number of rotatable bonds is 20. The Bertz CT molecular complexity index is 1270. The van der Waals surface area contributed by atoms with Crippen molar-refractivity contribution in [2.45, 2.75) is 216 Å². The lowest BCUT2D eigenvalue weighted by Gasteiger charge is -2.58. The number of hydrogen-bond acceptors (Lipinski definition) is 3. The molecule has 8 atom stereocenters. The van der Waals surface area contributed by atoms with Gasteiger partial charge in [0.05, 0.1) is 0 Å². The van der Waals surface area contributed by atoms with Crippen LogP contribution < -0.4 is 0 Å². The van der Waals surface area contributed by atoms with Gasteiger partial charge in [-0.05, 0) is 136 Å². The number of allylic oxidation sites excluding steroid dienone is 1. The predicted molar refractivity (Wildman–Crippen MR) is 215 cm³/mol. The molecule has 1 aromatic heterocycles. The van der Waals surface area contributed by atoms with Crippen molar-refractivity contribution in [3.63, 3.8) is 0 Å². The zero-order valence-corrected chi connectivity index (χ0v) is 34.8. The third-order valence-electron chi connectivity index (χ3n) is 15.5. The fourth-order valence-corrected chi connectivity index (χ4v) is 12.2. The molecule has 3 saturated carbocycles. The van der Waals surface area contributed by atoms with Crippen LogP contribution in [0.25, 0.3) is 0 Å². The molecule has 0 spiro atoms. The summed E-state index contributed by atoms with van der Waals surface area (Å²) in [5.74, 6) is 7.71. The van der Waals surface area contributed by atoms with E-state index in [2.05, 4.69) is 61.5 Å². The molecule has 1 aromatic rings. The molecule has 0 aromatic carbocycles. The molecule has 0 amide bonds. The number of unbranched alkanes of at least 4 members (excludes halogenated alkanes) is 8. The Labute approximate surface area is 315 Å². The van der Waals surface area contributed by atoms with Gasteiger partial charge in [0.1, 0.15) is 17.6 Å². The molecule has 1 heterocycles. The molecule has 0 aliphatic heterocycles. The molecular formula is C48H80O3. The number of furan rings is 1. The van der Waals surface area contributed by atoms with Crippen molar-refractivity contribution in [1.29, 1.82) is 0 Å². The van der Waals surface area contributed by atoms with Crippen LogP contribution in [-0.2, 0) is 22.4 Å². The molecule has 0 saturated heterocycles.